The van der Waals surface area contributed by atoms with Crippen molar-refractivity contribution < 1.29 is 28.9 Å². The number of aromatic nitrogens is 2. The van der Waals surface area contributed by atoms with Gasteiger partial charge in [0, 0.05) is 11.5 Å². The van der Waals surface area contributed by atoms with Crippen molar-refractivity contribution in [3.05, 3.63) is 64.2 Å². The lowest BCUT2D eigenvalue weighted by Gasteiger charge is -2.23. The van der Waals surface area contributed by atoms with E-state index in [1.165, 1.54) is 30.5 Å². The monoisotopic (exact) mass is 537 g/mol. The van der Waals surface area contributed by atoms with E-state index in [1.54, 1.807) is 42.5 Å². The number of aliphatic hydroxyl groups is 1. The number of carbonyl (C=O) groups excluding carboxylic acids is 2. The molecule has 1 aliphatic heterocycles. The topological polar surface area (TPSA) is 111 Å². The number of anilines is 1. The number of rotatable bonds is 10. The molecule has 1 atom stereocenters. The van der Waals surface area contributed by atoms with E-state index in [0.717, 1.165) is 17.8 Å². The SMILES string of the molecule is CCCCOc1ccc(C(O)=C2C(=O)C(=O)N(c3nnc(C(C)C)s3)[C@H]2c2ccc(OC)c(OC)c2)cc1. The third-order valence-corrected chi connectivity index (χ3v) is 7.42. The zero-order valence-electron chi connectivity index (χ0n) is 22.1. The second-order valence-corrected chi connectivity index (χ2v) is 10.1. The summed E-state index contributed by atoms with van der Waals surface area (Å²) in [5.41, 5.74) is 0.879. The van der Waals surface area contributed by atoms with Gasteiger partial charge in [-0.05, 0) is 48.4 Å². The van der Waals surface area contributed by atoms with Gasteiger partial charge in [-0.1, -0.05) is 44.6 Å². The number of benzene rings is 2. The molecular weight excluding hydrogens is 506 g/mol. The molecule has 38 heavy (non-hydrogen) atoms. The minimum atomic E-state index is -0.955. The van der Waals surface area contributed by atoms with Gasteiger partial charge in [0.1, 0.15) is 16.5 Å². The van der Waals surface area contributed by atoms with Crippen LogP contribution in [0.1, 0.15) is 61.7 Å². The zero-order valence-corrected chi connectivity index (χ0v) is 22.9. The van der Waals surface area contributed by atoms with Crippen LogP contribution in [0, 0.1) is 0 Å². The highest BCUT2D eigenvalue weighted by atomic mass is 32.1. The molecule has 1 N–H and O–H groups in total. The standard InChI is InChI=1S/C28H31N3O6S/c1-6-7-14-37-19-11-8-17(9-12-19)24(32)22-23(18-10-13-20(35-4)21(15-18)36-5)31(27(34)25(22)33)28-30-29-26(38-28)16(2)3/h8-13,15-16,23,32H,6-7,14H2,1-5H3/t23-/m0/s1. The molecule has 2 heterocycles. The third kappa shape index (κ3) is 5.22. The Morgan fingerprint density at radius 1 is 1.05 bits per heavy atom. The van der Waals surface area contributed by atoms with Gasteiger partial charge in [0.05, 0.1) is 32.4 Å². The molecule has 0 unspecified atom stereocenters. The van der Waals surface area contributed by atoms with Crippen molar-refractivity contribution in [2.45, 2.75) is 45.6 Å². The molecule has 0 spiro atoms. The van der Waals surface area contributed by atoms with Gasteiger partial charge < -0.3 is 19.3 Å². The number of ketones is 1. The van der Waals surface area contributed by atoms with Gasteiger partial charge in [-0.15, -0.1) is 10.2 Å². The third-order valence-electron chi connectivity index (χ3n) is 6.19. The summed E-state index contributed by atoms with van der Waals surface area (Å²) < 4.78 is 16.5. The number of aliphatic hydroxyl groups excluding tert-OH is 1. The molecule has 1 saturated heterocycles. The summed E-state index contributed by atoms with van der Waals surface area (Å²) in [6, 6.07) is 10.9. The first-order valence-corrected chi connectivity index (χ1v) is 13.2. The predicted octanol–water partition coefficient (Wildman–Crippen LogP) is 5.48. The normalized spacial score (nSPS) is 16.8. The number of methoxy groups -OCH3 is 2. The quantitative estimate of drug-likeness (QED) is 0.157. The molecule has 200 valence electrons. The number of ether oxygens (including phenoxy) is 3. The van der Waals surface area contributed by atoms with E-state index in [4.69, 9.17) is 14.2 Å². The minimum Gasteiger partial charge on any atom is -0.507 e. The van der Waals surface area contributed by atoms with Crippen LogP contribution in [0.3, 0.4) is 0 Å². The number of nitrogens with zero attached hydrogens (tertiary/aromatic N) is 3. The van der Waals surface area contributed by atoms with Crippen LogP contribution >= 0.6 is 11.3 Å². The number of carbonyl (C=O) groups is 2. The van der Waals surface area contributed by atoms with E-state index >= 15 is 0 Å². The predicted molar refractivity (Wildman–Crippen MR) is 145 cm³/mol. The molecule has 4 rings (SSSR count). The fourth-order valence-electron chi connectivity index (χ4n) is 4.12. The molecule has 2 aromatic carbocycles. The van der Waals surface area contributed by atoms with Crippen molar-refractivity contribution in [1.82, 2.24) is 10.2 Å². The maximum absolute atomic E-state index is 13.4. The summed E-state index contributed by atoms with van der Waals surface area (Å²) in [7, 11) is 3.02. The van der Waals surface area contributed by atoms with Crippen molar-refractivity contribution in [3.8, 4) is 17.2 Å². The molecule has 1 fully saturated rings. The second kappa shape index (κ2) is 11.6. The summed E-state index contributed by atoms with van der Waals surface area (Å²) >= 11 is 1.23. The largest absolute Gasteiger partial charge is 0.507 e. The van der Waals surface area contributed by atoms with Crippen LogP contribution in [0.4, 0.5) is 5.13 Å². The summed E-state index contributed by atoms with van der Waals surface area (Å²) in [6.45, 7) is 6.62. The maximum atomic E-state index is 13.4. The van der Waals surface area contributed by atoms with Crippen LogP contribution in [0.2, 0.25) is 0 Å². The van der Waals surface area contributed by atoms with Gasteiger partial charge in [-0.3, -0.25) is 14.5 Å². The fraction of sp³-hybridized carbons (Fsp3) is 0.357. The number of Topliss-reactive ketones (excluding diaryl/α,β-unsaturated/α-hetero) is 1. The van der Waals surface area contributed by atoms with E-state index in [9.17, 15) is 14.7 Å². The van der Waals surface area contributed by atoms with Crippen LogP contribution in [0.5, 0.6) is 17.2 Å². The lowest BCUT2D eigenvalue weighted by Crippen LogP contribution is -2.29. The second-order valence-electron chi connectivity index (χ2n) is 9.09. The molecule has 1 aliphatic rings. The first-order chi connectivity index (χ1) is 18.3. The molecular formula is C28H31N3O6S. The summed E-state index contributed by atoms with van der Waals surface area (Å²) in [4.78, 5) is 28.1. The molecule has 9 nitrogen and oxygen atoms in total. The molecule has 1 aromatic heterocycles. The number of amides is 1. The van der Waals surface area contributed by atoms with E-state index in [-0.39, 0.29) is 22.4 Å². The van der Waals surface area contributed by atoms with Gasteiger partial charge in [0.25, 0.3) is 5.78 Å². The lowest BCUT2D eigenvalue weighted by atomic mass is 9.95. The average Bonchev–Trinajstić information content (AvgIpc) is 3.51. The highest BCUT2D eigenvalue weighted by Crippen LogP contribution is 2.45. The van der Waals surface area contributed by atoms with Crippen LogP contribution in [0.25, 0.3) is 5.76 Å². The van der Waals surface area contributed by atoms with Gasteiger partial charge in [-0.25, -0.2) is 0 Å². The molecule has 1 amide bonds. The number of unbranched alkanes of at least 4 members (excludes halogenated alkanes) is 1. The van der Waals surface area contributed by atoms with Crippen molar-refractivity contribution in [2.24, 2.45) is 0 Å². The highest BCUT2D eigenvalue weighted by molar-refractivity contribution is 7.15. The first kappa shape index (κ1) is 27.1. The Balaban J connectivity index is 1.84. The molecule has 3 aromatic rings. The van der Waals surface area contributed by atoms with Gasteiger partial charge >= 0.3 is 5.91 Å². The smallest absolute Gasteiger partial charge is 0.301 e. The van der Waals surface area contributed by atoms with Crippen molar-refractivity contribution in [3.63, 3.8) is 0 Å². The Kier molecular flexibility index (Phi) is 8.31. The van der Waals surface area contributed by atoms with E-state index in [2.05, 4.69) is 17.1 Å². The summed E-state index contributed by atoms with van der Waals surface area (Å²) in [5.74, 6) is -0.240. The molecule has 10 heteroatoms. The molecule has 0 radical (unpaired) electrons. The Morgan fingerprint density at radius 3 is 2.37 bits per heavy atom. The van der Waals surface area contributed by atoms with Crippen LogP contribution in [0.15, 0.2) is 48.0 Å². The Bertz CT molecular complexity index is 1350. The zero-order chi connectivity index (χ0) is 27.4. The van der Waals surface area contributed by atoms with Gasteiger partial charge in [0.15, 0.2) is 11.5 Å². The van der Waals surface area contributed by atoms with Crippen molar-refractivity contribution in [1.29, 1.82) is 0 Å². The van der Waals surface area contributed by atoms with E-state index in [1.807, 2.05) is 13.8 Å². The molecule has 0 saturated carbocycles. The minimum absolute atomic E-state index is 0.0526. The summed E-state index contributed by atoms with van der Waals surface area (Å²) in [5, 5.41) is 20.8. The van der Waals surface area contributed by atoms with E-state index < -0.39 is 17.7 Å². The van der Waals surface area contributed by atoms with Crippen LogP contribution in [-0.4, -0.2) is 47.8 Å². The number of hydrogen-bond acceptors (Lipinski definition) is 9. The van der Waals surface area contributed by atoms with Crippen molar-refractivity contribution >= 4 is 33.9 Å². The lowest BCUT2D eigenvalue weighted by molar-refractivity contribution is -0.132. The highest BCUT2D eigenvalue weighted by Gasteiger charge is 2.48. The summed E-state index contributed by atoms with van der Waals surface area (Å²) in [6.07, 6.45) is 1.95. The van der Waals surface area contributed by atoms with Crippen LogP contribution in [-0.2, 0) is 9.59 Å². The first-order valence-electron chi connectivity index (χ1n) is 12.4. The van der Waals surface area contributed by atoms with Gasteiger partial charge in [-0.2, -0.15) is 0 Å². The van der Waals surface area contributed by atoms with Crippen molar-refractivity contribution in [2.75, 3.05) is 25.7 Å². The fourth-order valence-corrected chi connectivity index (χ4v) is 5.00. The molecule has 0 aliphatic carbocycles. The van der Waals surface area contributed by atoms with Crippen LogP contribution < -0.4 is 19.1 Å². The Morgan fingerprint density at radius 2 is 1.76 bits per heavy atom. The molecule has 0 bridgehead atoms. The Hall–Kier alpha value is -3.92. The Labute approximate surface area is 225 Å². The number of hydrogen-bond donors (Lipinski definition) is 1. The van der Waals surface area contributed by atoms with E-state index in [0.29, 0.717) is 35.0 Å². The average molecular weight is 538 g/mol. The van der Waals surface area contributed by atoms with Gasteiger partial charge in [0.2, 0.25) is 5.13 Å². The maximum Gasteiger partial charge on any atom is 0.301 e.